The highest BCUT2D eigenvalue weighted by molar-refractivity contribution is 6.32. The third kappa shape index (κ3) is 5.31. The summed E-state index contributed by atoms with van der Waals surface area (Å²) in [4.78, 5) is 11.7. The molecule has 2 rings (SSSR count). The van der Waals surface area contributed by atoms with Crippen LogP contribution in [0, 0.1) is 5.82 Å². The van der Waals surface area contributed by atoms with Crippen molar-refractivity contribution in [3.8, 4) is 5.75 Å². The first-order chi connectivity index (χ1) is 11.5. The van der Waals surface area contributed by atoms with Gasteiger partial charge in [-0.05, 0) is 35.9 Å². The maximum atomic E-state index is 13.5. The normalized spacial score (nSPS) is 11.0. The highest BCUT2D eigenvalue weighted by Gasteiger charge is 2.05. The molecule has 1 amide bonds. The molecule has 0 aliphatic carbocycles. The second kappa shape index (κ2) is 8.40. The third-order valence-corrected chi connectivity index (χ3v) is 3.35. The Balaban J connectivity index is 1.90. The molecule has 0 saturated carbocycles. The largest absolute Gasteiger partial charge is 0.435 e. The van der Waals surface area contributed by atoms with Crippen molar-refractivity contribution >= 4 is 23.6 Å². The van der Waals surface area contributed by atoms with Crippen molar-refractivity contribution in [1.29, 1.82) is 0 Å². The lowest BCUT2D eigenvalue weighted by Gasteiger charge is -2.06. The number of benzene rings is 2. The first-order valence-electron chi connectivity index (χ1n) is 6.89. The van der Waals surface area contributed by atoms with E-state index in [0.717, 1.165) is 0 Å². The van der Waals surface area contributed by atoms with Gasteiger partial charge in [0.2, 0.25) is 5.91 Å². The lowest BCUT2D eigenvalue weighted by molar-refractivity contribution is -0.116. The van der Waals surface area contributed by atoms with Crippen LogP contribution in [0.2, 0.25) is 5.02 Å². The van der Waals surface area contributed by atoms with Gasteiger partial charge in [-0.1, -0.05) is 29.8 Å². The summed E-state index contributed by atoms with van der Waals surface area (Å²) in [7, 11) is 0. The molecule has 0 aliphatic heterocycles. The first kappa shape index (κ1) is 17.9. The van der Waals surface area contributed by atoms with Crippen molar-refractivity contribution in [2.45, 2.75) is 13.2 Å². The average Bonchev–Trinajstić information content (AvgIpc) is 2.53. The smallest absolute Gasteiger partial charge is 0.387 e. The van der Waals surface area contributed by atoms with Crippen molar-refractivity contribution in [3.05, 3.63) is 70.5 Å². The minimum absolute atomic E-state index is 0.0363. The summed E-state index contributed by atoms with van der Waals surface area (Å²) in [5.74, 6) is -0.933. The van der Waals surface area contributed by atoms with Gasteiger partial charge >= 0.3 is 6.61 Å². The van der Waals surface area contributed by atoms with E-state index < -0.39 is 18.3 Å². The number of nitrogens with one attached hydrogen (secondary N) is 1. The number of ether oxygens (including phenoxy) is 1. The minimum atomic E-state index is -2.88. The molecule has 0 heterocycles. The van der Waals surface area contributed by atoms with Gasteiger partial charge in [-0.25, -0.2) is 4.39 Å². The zero-order chi connectivity index (χ0) is 17.5. The van der Waals surface area contributed by atoms with Crippen LogP contribution in [0.25, 0.3) is 6.08 Å². The van der Waals surface area contributed by atoms with Gasteiger partial charge < -0.3 is 10.1 Å². The van der Waals surface area contributed by atoms with Crippen LogP contribution in [0.3, 0.4) is 0 Å². The van der Waals surface area contributed by atoms with Crippen LogP contribution in [-0.2, 0) is 11.3 Å². The fraction of sp³-hybridized carbons (Fsp3) is 0.118. The second-order valence-corrected chi connectivity index (χ2v) is 5.12. The topological polar surface area (TPSA) is 38.3 Å². The summed E-state index contributed by atoms with van der Waals surface area (Å²) in [6.45, 7) is -2.70. The summed E-state index contributed by atoms with van der Waals surface area (Å²) < 4.78 is 41.8. The van der Waals surface area contributed by atoms with Crippen LogP contribution in [-0.4, -0.2) is 12.5 Å². The van der Waals surface area contributed by atoms with E-state index in [2.05, 4.69) is 10.1 Å². The van der Waals surface area contributed by atoms with Crippen molar-refractivity contribution in [2.24, 2.45) is 0 Å². The Bertz CT molecular complexity index is 713. The molecule has 0 bridgehead atoms. The van der Waals surface area contributed by atoms with Crippen LogP contribution in [0.5, 0.6) is 5.75 Å². The van der Waals surface area contributed by atoms with Gasteiger partial charge in [0.1, 0.15) is 11.6 Å². The summed E-state index contributed by atoms with van der Waals surface area (Å²) in [5.41, 5.74) is 0.824. The Morgan fingerprint density at radius 3 is 2.54 bits per heavy atom. The van der Waals surface area contributed by atoms with Crippen LogP contribution in [0.4, 0.5) is 13.2 Å². The number of amides is 1. The SMILES string of the molecule is O=C(/C=C/c1c(F)cccc1Cl)NCc1ccc(OC(F)F)cc1. The molecule has 0 fully saturated rings. The van der Waals surface area contributed by atoms with E-state index in [1.807, 2.05) is 0 Å². The molecule has 0 aliphatic rings. The van der Waals surface area contributed by atoms with Gasteiger partial charge in [0.05, 0.1) is 5.02 Å². The van der Waals surface area contributed by atoms with E-state index in [1.54, 1.807) is 12.1 Å². The van der Waals surface area contributed by atoms with E-state index >= 15 is 0 Å². The average molecular weight is 356 g/mol. The lowest BCUT2D eigenvalue weighted by Crippen LogP contribution is -2.20. The third-order valence-electron chi connectivity index (χ3n) is 3.02. The number of rotatable bonds is 6. The molecular weight excluding hydrogens is 343 g/mol. The number of carbonyl (C=O) groups excluding carboxylic acids is 1. The summed E-state index contributed by atoms with van der Waals surface area (Å²) in [6.07, 6.45) is 2.45. The lowest BCUT2D eigenvalue weighted by atomic mass is 10.2. The molecule has 24 heavy (non-hydrogen) atoms. The molecule has 3 nitrogen and oxygen atoms in total. The van der Waals surface area contributed by atoms with Gasteiger partial charge in [-0.2, -0.15) is 8.78 Å². The molecule has 0 saturated heterocycles. The standard InChI is InChI=1S/C17H13ClF3NO2/c18-14-2-1-3-15(19)13(14)8-9-16(23)22-10-11-4-6-12(7-5-11)24-17(20)21/h1-9,17H,10H2,(H,22,23)/b9-8+. The fourth-order valence-electron chi connectivity index (χ4n) is 1.87. The Morgan fingerprint density at radius 1 is 1.21 bits per heavy atom. The molecule has 2 aromatic rings. The van der Waals surface area contributed by atoms with Crippen molar-refractivity contribution in [2.75, 3.05) is 0 Å². The number of halogens is 4. The van der Waals surface area contributed by atoms with Gasteiger partial charge in [-0.3, -0.25) is 4.79 Å². The highest BCUT2D eigenvalue weighted by atomic mass is 35.5. The molecule has 0 unspecified atom stereocenters. The summed E-state index contributed by atoms with van der Waals surface area (Å²) >= 11 is 5.85. The zero-order valence-corrected chi connectivity index (χ0v) is 13.1. The summed E-state index contributed by atoms with van der Waals surface area (Å²) in [5, 5.41) is 2.79. The van der Waals surface area contributed by atoms with Gasteiger partial charge in [-0.15, -0.1) is 0 Å². The molecular formula is C17H13ClF3NO2. The Labute approximate surface area is 141 Å². The fourth-order valence-corrected chi connectivity index (χ4v) is 2.09. The molecule has 7 heteroatoms. The Hall–Kier alpha value is -2.47. The van der Waals surface area contributed by atoms with Crippen LogP contribution in [0.15, 0.2) is 48.5 Å². The van der Waals surface area contributed by atoms with E-state index in [1.165, 1.54) is 42.5 Å². The van der Waals surface area contributed by atoms with Gasteiger partial charge in [0, 0.05) is 18.2 Å². The monoisotopic (exact) mass is 355 g/mol. The van der Waals surface area contributed by atoms with Crippen LogP contribution in [0.1, 0.15) is 11.1 Å². The molecule has 1 N–H and O–H groups in total. The quantitative estimate of drug-likeness (QED) is 0.779. The highest BCUT2D eigenvalue weighted by Crippen LogP contribution is 2.20. The van der Waals surface area contributed by atoms with Gasteiger partial charge in [0.15, 0.2) is 0 Å². The molecule has 0 aromatic heterocycles. The van der Waals surface area contributed by atoms with Crippen LogP contribution >= 0.6 is 11.6 Å². The predicted octanol–water partition coefficient (Wildman–Crippen LogP) is 4.41. The molecule has 0 atom stereocenters. The summed E-state index contributed by atoms with van der Waals surface area (Å²) in [6, 6.07) is 10.1. The Morgan fingerprint density at radius 2 is 1.92 bits per heavy atom. The maximum Gasteiger partial charge on any atom is 0.387 e. The molecule has 0 spiro atoms. The van der Waals surface area contributed by atoms with Gasteiger partial charge in [0.25, 0.3) is 0 Å². The first-order valence-corrected chi connectivity index (χ1v) is 7.27. The molecule has 0 radical (unpaired) electrons. The second-order valence-electron chi connectivity index (χ2n) is 4.71. The van der Waals surface area contributed by atoms with E-state index in [-0.39, 0.29) is 22.9 Å². The van der Waals surface area contributed by atoms with Crippen molar-refractivity contribution < 1.29 is 22.7 Å². The number of hydrogen-bond donors (Lipinski definition) is 1. The zero-order valence-electron chi connectivity index (χ0n) is 12.3. The van der Waals surface area contributed by atoms with E-state index in [0.29, 0.717) is 5.56 Å². The molecule has 126 valence electrons. The maximum absolute atomic E-state index is 13.5. The molecule has 2 aromatic carbocycles. The number of carbonyl (C=O) groups is 1. The minimum Gasteiger partial charge on any atom is -0.435 e. The Kier molecular flexibility index (Phi) is 6.26. The van der Waals surface area contributed by atoms with E-state index in [9.17, 15) is 18.0 Å². The van der Waals surface area contributed by atoms with Crippen LogP contribution < -0.4 is 10.1 Å². The van der Waals surface area contributed by atoms with Crippen molar-refractivity contribution in [3.63, 3.8) is 0 Å². The van der Waals surface area contributed by atoms with Crippen molar-refractivity contribution in [1.82, 2.24) is 5.32 Å². The number of alkyl halides is 2. The predicted molar refractivity (Wildman–Crippen MR) is 85.4 cm³/mol. The van der Waals surface area contributed by atoms with E-state index in [4.69, 9.17) is 11.6 Å². The number of hydrogen-bond acceptors (Lipinski definition) is 2.